The Morgan fingerprint density at radius 2 is 1.75 bits per heavy atom. The third-order valence-electron chi connectivity index (χ3n) is 4.82. The number of carbonyl (C=O) groups excluding carboxylic acids is 2. The van der Waals surface area contributed by atoms with Gasteiger partial charge >= 0.3 is 0 Å². The number of para-hydroxylation sites is 1. The van der Waals surface area contributed by atoms with E-state index in [4.69, 9.17) is 11.6 Å². The first kappa shape index (κ1) is 26.2. The molecule has 1 atom stereocenters. The molecule has 2 rings (SSSR count). The number of amides is 2. The van der Waals surface area contributed by atoms with Crippen LogP contribution >= 0.6 is 27.5 Å². The Labute approximate surface area is 202 Å². The van der Waals surface area contributed by atoms with Gasteiger partial charge in [-0.15, -0.1) is 0 Å². The largest absolute Gasteiger partial charge is 0.354 e. The molecule has 0 bridgehead atoms. The van der Waals surface area contributed by atoms with Crippen molar-refractivity contribution >= 4 is 55.1 Å². The minimum absolute atomic E-state index is 0.0623. The first-order valence-corrected chi connectivity index (χ1v) is 13.1. The second kappa shape index (κ2) is 11.7. The number of anilines is 1. The van der Waals surface area contributed by atoms with E-state index in [1.165, 1.54) is 4.90 Å². The fraction of sp³-hybridized carbons (Fsp3) is 0.364. The van der Waals surface area contributed by atoms with Crippen molar-refractivity contribution < 1.29 is 18.0 Å². The van der Waals surface area contributed by atoms with E-state index in [1.807, 2.05) is 6.92 Å². The normalized spacial score (nSPS) is 12.2. The van der Waals surface area contributed by atoms with Crippen LogP contribution in [0.5, 0.6) is 0 Å². The van der Waals surface area contributed by atoms with Crippen molar-refractivity contribution in [2.75, 3.05) is 23.7 Å². The number of nitrogens with one attached hydrogen (secondary N) is 1. The highest BCUT2D eigenvalue weighted by Gasteiger charge is 2.30. The number of hydrogen-bond donors (Lipinski definition) is 1. The second-order valence-corrected chi connectivity index (χ2v) is 10.5. The van der Waals surface area contributed by atoms with E-state index >= 15 is 0 Å². The Morgan fingerprint density at radius 1 is 1.12 bits per heavy atom. The van der Waals surface area contributed by atoms with E-state index in [0.29, 0.717) is 27.3 Å². The third-order valence-corrected chi connectivity index (χ3v) is 6.98. The van der Waals surface area contributed by atoms with Gasteiger partial charge in [-0.1, -0.05) is 48.9 Å². The van der Waals surface area contributed by atoms with Crippen LogP contribution in [-0.2, 0) is 26.2 Å². The molecular weight excluding hydrogens is 518 g/mol. The Bertz CT molecular complexity index is 1060. The highest BCUT2D eigenvalue weighted by atomic mass is 79.9. The van der Waals surface area contributed by atoms with Crippen molar-refractivity contribution in [3.8, 4) is 0 Å². The van der Waals surface area contributed by atoms with Gasteiger partial charge in [-0.3, -0.25) is 13.9 Å². The molecule has 0 saturated heterocycles. The van der Waals surface area contributed by atoms with Crippen LogP contribution in [-0.4, -0.2) is 50.5 Å². The number of rotatable bonds is 10. The van der Waals surface area contributed by atoms with Crippen molar-refractivity contribution in [3.05, 3.63) is 63.6 Å². The first-order valence-electron chi connectivity index (χ1n) is 10.1. The number of carbonyl (C=O) groups is 2. The van der Waals surface area contributed by atoms with E-state index in [1.54, 1.807) is 55.5 Å². The van der Waals surface area contributed by atoms with Gasteiger partial charge in [0.05, 0.1) is 11.9 Å². The second-order valence-electron chi connectivity index (χ2n) is 7.30. The smallest absolute Gasteiger partial charge is 0.244 e. The average Bonchev–Trinajstić information content (AvgIpc) is 2.74. The summed E-state index contributed by atoms with van der Waals surface area (Å²) in [5, 5.41) is 3.24. The van der Waals surface area contributed by atoms with Crippen LogP contribution in [0.2, 0.25) is 5.02 Å². The Kier molecular flexibility index (Phi) is 9.54. The molecule has 2 aromatic carbocycles. The lowest BCUT2D eigenvalue weighted by atomic mass is 10.1. The summed E-state index contributed by atoms with van der Waals surface area (Å²) in [5.41, 5.74) is 0.994. The molecule has 0 unspecified atom stereocenters. The molecule has 0 aliphatic carbocycles. The van der Waals surface area contributed by atoms with E-state index in [2.05, 4.69) is 21.2 Å². The molecule has 174 valence electrons. The van der Waals surface area contributed by atoms with Gasteiger partial charge in [0.25, 0.3) is 0 Å². The number of nitrogens with zero attached hydrogens (tertiary/aromatic N) is 2. The van der Waals surface area contributed by atoms with Crippen molar-refractivity contribution in [2.45, 2.75) is 32.9 Å². The van der Waals surface area contributed by atoms with Crippen LogP contribution < -0.4 is 9.62 Å². The highest BCUT2D eigenvalue weighted by Crippen LogP contribution is 2.28. The molecular formula is C22H27BrClN3O4S. The number of hydrogen-bond acceptors (Lipinski definition) is 4. The van der Waals surface area contributed by atoms with E-state index < -0.39 is 28.5 Å². The summed E-state index contributed by atoms with van der Waals surface area (Å²) in [5.74, 6) is -0.843. The maximum atomic E-state index is 13.4. The molecule has 0 aromatic heterocycles. The predicted molar refractivity (Wildman–Crippen MR) is 131 cm³/mol. The molecule has 0 fully saturated rings. The quantitative estimate of drug-likeness (QED) is 0.493. The van der Waals surface area contributed by atoms with Gasteiger partial charge in [-0.2, -0.15) is 0 Å². The van der Waals surface area contributed by atoms with Crippen molar-refractivity contribution in [3.63, 3.8) is 0 Å². The van der Waals surface area contributed by atoms with Crippen LogP contribution in [0, 0.1) is 0 Å². The molecule has 0 spiro atoms. The summed E-state index contributed by atoms with van der Waals surface area (Å²) >= 11 is 9.63. The monoisotopic (exact) mass is 543 g/mol. The van der Waals surface area contributed by atoms with Crippen LogP contribution in [0.15, 0.2) is 53.0 Å². The van der Waals surface area contributed by atoms with Gasteiger partial charge in [0.15, 0.2) is 0 Å². The molecule has 0 heterocycles. The maximum Gasteiger partial charge on any atom is 0.244 e. The standard InChI is InChI=1S/C22H27BrClN3O4S/c1-4-13-25-22(29)16(2)26(14-17-9-5-7-11-19(17)24)21(28)15-27(32(3,30)31)20-12-8-6-10-18(20)23/h5-12,16H,4,13-15H2,1-3H3,(H,25,29)/t16-/m1/s1. The van der Waals surface area contributed by atoms with Gasteiger partial charge < -0.3 is 10.2 Å². The third kappa shape index (κ3) is 6.95. The topological polar surface area (TPSA) is 86.8 Å². The predicted octanol–water partition coefficient (Wildman–Crippen LogP) is 3.81. The minimum Gasteiger partial charge on any atom is -0.354 e. The maximum absolute atomic E-state index is 13.4. The zero-order valence-corrected chi connectivity index (χ0v) is 21.4. The molecule has 10 heteroatoms. The van der Waals surface area contributed by atoms with E-state index in [9.17, 15) is 18.0 Å². The molecule has 1 N–H and O–H groups in total. The van der Waals surface area contributed by atoms with Gasteiger partial charge in [0, 0.05) is 22.6 Å². The summed E-state index contributed by atoms with van der Waals surface area (Å²) in [6.45, 7) is 3.62. The summed E-state index contributed by atoms with van der Waals surface area (Å²) in [7, 11) is -3.78. The zero-order chi connectivity index (χ0) is 23.9. The van der Waals surface area contributed by atoms with Crippen LogP contribution in [0.3, 0.4) is 0 Å². The molecule has 2 aromatic rings. The molecule has 7 nitrogen and oxygen atoms in total. The molecule has 0 radical (unpaired) electrons. The zero-order valence-electron chi connectivity index (χ0n) is 18.2. The highest BCUT2D eigenvalue weighted by molar-refractivity contribution is 9.10. The molecule has 0 aliphatic rings. The van der Waals surface area contributed by atoms with E-state index in [0.717, 1.165) is 17.0 Å². The Balaban J connectivity index is 2.40. The Hall–Kier alpha value is -2.10. The summed E-state index contributed by atoms with van der Waals surface area (Å²) in [6.07, 6.45) is 1.79. The molecule has 0 saturated carbocycles. The lowest BCUT2D eigenvalue weighted by Gasteiger charge is -2.32. The van der Waals surface area contributed by atoms with Gasteiger partial charge in [0.1, 0.15) is 12.6 Å². The van der Waals surface area contributed by atoms with Crippen molar-refractivity contribution in [2.24, 2.45) is 0 Å². The van der Waals surface area contributed by atoms with Crippen LogP contribution in [0.4, 0.5) is 5.69 Å². The van der Waals surface area contributed by atoms with Gasteiger partial charge in [-0.05, 0) is 53.0 Å². The first-order chi connectivity index (χ1) is 15.1. The Morgan fingerprint density at radius 3 is 2.34 bits per heavy atom. The molecule has 2 amide bonds. The summed E-state index contributed by atoms with van der Waals surface area (Å²) < 4.78 is 26.6. The van der Waals surface area contributed by atoms with Crippen molar-refractivity contribution in [1.82, 2.24) is 10.2 Å². The van der Waals surface area contributed by atoms with Gasteiger partial charge in [-0.25, -0.2) is 8.42 Å². The lowest BCUT2D eigenvalue weighted by Crippen LogP contribution is -2.51. The van der Waals surface area contributed by atoms with Gasteiger partial charge in [0.2, 0.25) is 21.8 Å². The molecule has 32 heavy (non-hydrogen) atoms. The van der Waals surface area contributed by atoms with Crippen LogP contribution in [0.25, 0.3) is 0 Å². The lowest BCUT2D eigenvalue weighted by molar-refractivity contribution is -0.139. The van der Waals surface area contributed by atoms with E-state index in [-0.39, 0.29) is 12.5 Å². The summed E-state index contributed by atoms with van der Waals surface area (Å²) in [6, 6.07) is 12.9. The fourth-order valence-electron chi connectivity index (χ4n) is 3.04. The van der Waals surface area contributed by atoms with Crippen LogP contribution in [0.1, 0.15) is 25.8 Å². The molecule has 0 aliphatic heterocycles. The number of sulfonamides is 1. The fourth-order valence-corrected chi connectivity index (χ4v) is 4.71. The summed E-state index contributed by atoms with van der Waals surface area (Å²) in [4.78, 5) is 27.4. The van der Waals surface area contributed by atoms with Crippen molar-refractivity contribution in [1.29, 1.82) is 0 Å². The average molecular weight is 545 g/mol. The number of halogens is 2. The number of benzene rings is 2. The SMILES string of the molecule is CCCNC(=O)[C@@H](C)N(Cc1ccccc1Cl)C(=O)CN(c1ccccc1Br)S(C)(=O)=O. The minimum atomic E-state index is -3.78.